The molecule has 0 aromatic heterocycles. The summed E-state index contributed by atoms with van der Waals surface area (Å²) < 4.78 is 5.81. The van der Waals surface area contributed by atoms with Crippen LogP contribution in [0.5, 0.6) is 0 Å². The molecule has 2 atom stereocenters. The van der Waals surface area contributed by atoms with E-state index in [9.17, 15) is 0 Å². The molecule has 0 fully saturated rings. The molecule has 2 unspecified atom stereocenters. The third-order valence-electron chi connectivity index (χ3n) is 2.70. The van der Waals surface area contributed by atoms with Crippen molar-refractivity contribution >= 4 is 0 Å². The first-order valence-corrected chi connectivity index (χ1v) is 6.40. The van der Waals surface area contributed by atoms with Gasteiger partial charge in [-0.1, -0.05) is 39.2 Å². The summed E-state index contributed by atoms with van der Waals surface area (Å²) in [5, 5.41) is 0. The van der Waals surface area contributed by atoms with Crippen molar-refractivity contribution in [2.75, 3.05) is 6.61 Å². The summed E-state index contributed by atoms with van der Waals surface area (Å²) in [4.78, 5) is 0. The van der Waals surface area contributed by atoms with Gasteiger partial charge >= 0.3 is 0 Å². The maximum atomic E-state index is 5.81. The molecular formula is C15H26O. The van der Waals surface area contributed by atoms with Crippen molar-refractivity contribution in [3.8, 4) is 11.8 Å². The molecule has 0 rings (SSSR count). The minimum atomic E-state index is 0.155. The number of hydrogen-bond acceptors (Lipinski definition) is 1. The highest BCUT2D eigenvalue weighted by atomic mass is 16.5. The second kappa shape index (κ2) is 10.8. The highest BCUT2D eigenvalue weighted by molar-refractivity contribution is 4.99. The highest BCUT2D eigenvalue weighted by Crippen LogP contribution is 2.13. The van der Waals surface area contributed by atoms with Crippen LogP contribution in [0.4, 0.5) is 0 Å². The van der Waals surface area contributed by atoms with Crippen LogP contribution < -0.4 is 0 Å². The van der Waals surface area contributed by atoms with E-state index in [0.29, 0.717) is 5.92 Å². The molecule has 0 aliphatic heterocycles. The molecule has 0 aromatic carbocycles. The number of unbranched alkanes of at least 4 members (excludes halogenated alkanes) is 3. The molecule has 0 aliphatic rings. The Morgan fingerprint density at radius 3 is 2.62 bits per heavy atom. The SMILES string of the molecule is C=CC(OCCCCCC)C(C)CC#CC. The number of ether oxygens (including phenoxy) is 1. The first-order valence-electron chi connectivity index (χ1n) is 6.40. The standard InChI is InChI=1S/C15H26O/c1-5-8-10-11-13-16-15(7-3)14(4)12-9-6-2/h7,14-15H,3,5,8,10-13H2,1-2,4H3. The van der Waals surface area contributed by atoms with E-state index in [1.807, 2.05) is 13.0 Å². The smallest absolute Gasteiger partial charge is 0.0787 e. The summed E-state index contributed by atoms with van der Waals surface area (Å²) in [7, 11) is 0. The molecule has 0 aliphatic carbocycles. The van der Waals surface area contributed by atoms with E-state index < -0.39 is 0 Å². The topological polar surface area (TPSA) is 9.23 Å². The molecule has 0 heterocycles. The van der Waals surface area contributed by atoms with Crippen molar-refractivity contribution in [2.24, 2.45) is 5.92 Å². The van der Waals surface area contributed by atoms with E-state index in [1.165, 1.54) is 19.3 Å². The van der Waals surface area contributed by atoms with Crippen LogP contribution in [0.2, 0.25) is 0 Å². The van der Waals surface area contributed by atoms with Gasteiger partial charge in [0.2, 0.25) is 0 Å². The Kier molecular flexibility index (Phi) is 10.3. The first-order chi connectivity index (χ1) is 7.76. The van der Waals surface area contributed by atoms with Crippen LogP contribution in [0, 0.1) is 17.8 Å². The molecule has 92 valence electrons. The quantitative estimate of drug-likeness (QED) is 0.323. The highest BCUT2D eigenvalue weighted by Gasteiger charge is 2.12. The van der Waals surface area contributed by atoms with Crippen molar-refractivity contribution in [3.05, 3.63) is 12.7 Å². The normalized spacial score (nSPS) is 13.7. The van der Waals surface area contributed by atoms with Crippen molar-refractivity contribution in [3.63, 3.8) is 0 Å². The van der Waals surface area contributed by atoms with Crippen molar-refractivity contribution in [1.82, 2.24) is 0 Å². The van der Waals surface area contributed by atoms with Crippen molar-refractivity contribution < 1.29 is 4.74 Å². The Hall–Kier alpha value is -0.740. The maximum Gasteiger partial charge on any atom is 0.0787 e. The van der Waals surface area contributed by atoms with Crippen molar-refractivity contribution in [2.45, 2.75) is 59.0 Å². The Labute approximate surface area is 101 Å². The van der Waals surface area contributed by atoms with Gasteiger partial charge in [0, 0.05) is 13.0 Å². The van der Waals surface area contributed by atoms with Gasteiger partial charge in [-0.25, -0.2) is 0 Å². The second-order valence-electron chi connectivity index (χ2n) is 4.24. The monoisotopic (exact) mass is 222 g/mol. The van der Waals surface area contributed by atoms with Crippen LogP contribution in [-0.2, 0) is 4.74 Å². The summed E-state index contributed by atoms with van der Waals surface area (Å²) >= 11 is 0. The zero-order valence-corrected chi connectivity index (χ0v) is 11.1. The molecule has 1 nitrogen and oxygen atoms in total. The van der Waals surface area contributed by atoms with Gasteiger partial charge in [0.25, 0.3) is 0 Å². The molecule has 0 spiro atoms. The fourth-order valence-electron chi connectivity index (χ4n) is 1.59. The van der Waals surface area contributed by atoms with Gasteiger partial charge in [-0.2, -0.15) is 0 Å². The summed E-state index contributed by atoms with van der Waals surface area (Å²) in [6, 6.07) is 0. The minimum Gasteiger partial charge on any atom is -0.374 e. The van der Waals surface area contributed by atoms with E-state index in [2.05, 4.69) is 32.3 Å². The lowest BCUT2D eigenvalue weighted by Gasteiger charge is -2.19. The third-order valence-corrected chi connectivity index (χ3v) is 2.70. The van der Waals surface area contributed by atoms with Gasteiger partial charge in [-0.15, -0.1) is 18.4 Å². The third kappa shape index (κ3) is 7.54. The molecular weight excluding hydrogens is 196 g/mol. The van der Waals surface area contributed by atoms with Gasteiger partial charge in [-0.3, -0.25) is 0 Å². The van der Waals surface area contributed by atoms with Gasteiger partial charge in [0.1, 0.15) is 0 Å². The zero-order chi connectivity index (χ0) is 12.2. The molecule has 0 N–H and O–H groups in total. The van der Waals surface area contributed by atoms with Crippen LogP contribution in [-0.4, -0.2) is 12.7 Å². The van der Waals surface area contributed by atoms with E-state index >= 15 is 0 Å². The van der Waals surface area contributed by atoms with E-state index in [1.54, 1.807) is 0 Å². The van der Waals surface area contributed by atoms with Gasteiger partial charge < -0.3 is 4.74 Å². The van der Waals surface area contributed by atoms with Crippen LogP contribution in [0.3, 0.4) is 0 Å². The Morgan fingerprint density at radius 2 is 2.06 bits per heavy atom. The predicted octanol–water partition coefficient (Wildman–Crippen LogP) is 4.19. The Bertz CT molecular complexity index is 221. The van der Waals surface area contributed by atoms with E-state index in [4.69, 9.17) is 4.74 Å². The fourth-order valence-corrected chi connectivity index (χ4v) is 1.59. The Morgan fingerprint density at radius 1 is 1.31 bits per heavy atom. The van der Waals surface area contributed by atoms with Crippen LogP contribution in [0.25, 0.3) is 0 Å². The number of hydrogen-bond donors (Lipinski definition) is 0. The second-order valence-corrected chi connectivity index (χ2v) is 4.24. The zero-order valence-electron chi connectivity index (χ0n) is 11.1. The molecule has 1 heteroatoms. The van der Waals surface area contributed by atoms with Gasteiger partial charge in [0.05, 0.1) is 6.10 Å². The molecule has 16 heavy (non-hydrogen) atoms. The summed E-state index contributed by atoms with van der Waals surface area (Å²) in [6.45, 7) is 10.9. The minimum absolute atomic E-state index is 0.155. The predicted molar refractivity (Wildman–Crippen MR) is 71.3 cm³/mol. The molecule has 0 saturated carbocycles. The summed E-state index contributed by atoms with van der Waals surface area (Å²) in [6.07, 6.45) is 7.95. The number of rotatable bonds is 9. The summed E-state index contributed by atoms with van der Waals surface area (Å²) in [5.41, 5.74) is 0. The van der Waals surface area contributed by atoms with Crippen molar-refractivity contribution in [1.29, 1.82) is 0 Å². The lowest BCUT2D eigenvalue weighted by molar-refractivity contribution is 0.0490. The molecule has 0 radical (unpaired) electrons. The van der Waals surface area contributed by atoms with Gasteiger partial charge in [0.15, 0.2) is 0 Å². The summed E-state index contributed by atoms with van der Waals surface area (Å²) in [5.74, 6) is 6.46. The van der Waals surface area contributed by atoms with Gasteiger partial charge in [-0.05, 0) is 19.3 Å². The van der Waals surface area contributed by atoms with E-state index in [-0.39, 0.29) is 6.10 Å². The van der Waals surface area contributed by atoms with E-state index in [0.717, 1.165) is 19.4 Å². The molecule has 0 bridgehead atoms. The molecule has 0 amide bonds. The lowest BCUT2D eigenvalue weighted by Crippen LogP contribution is -2.19. The fraction of sp³-hybridized carbons (Fsp3) is 0.733. The Balaban J connectivity index is 3.71. The van der Waals surface area contributed by atoms with Crippen LogP contribution in [0.1, 0.15) is 52.9 Å². The molecule has 0 aromatic rings. The maximum absolute atomic E-state index is 5.81. The average Bonchev–Trinajstić information content (AvgIpc) is 2.31. The molecule has 0 saturated heterocycles. The van der Waals surface area contributed by atoms with Crippen LogP contribution in [0.15, 0.2) is 12.7 Å². The van der Waals surface area contributed by atoms with Crippen LogP contribution >= 0.6 is 0 Å². The first kappa shape index (κ1) is 15.3. The lowest BCUT2D eigenvalue weighted by atomic mass is 10.0. The average molecular weight is 222 g/mol. The largest absolute Gasteiger partial charge is 0.374 e.